The van der Waals surface area contributed by atoms with E-state index in [2.05, 4.69) is 16.0 Å². The summed E-state index contributed by atoms with van der Waals surface area (Å²) in [5.74, 6) is -7.73. The summed E-state index contributed by atoms with van der Waals surface area (Å²) in [6, 6.07) is -3.37. The van der Waals surface area contributed by atoms with E-state index in [4.69, 9.17) is 23.7 Å². The number of rotatable bonds is 26. The van der Waals surface area contributed by atoms with E-state index >= 15 is 0 Å². The minimum atomic E-state index is -1.63. The normalized spacial score (nSPS) is 34.1. The Hall–Kier alpha value is -2.62. The molecule has 3 aliphatic heterocycles. The number of aliphatic hydroxyl groups excluding tert-OH is 8. The van der Waals surface area contributed by atoms with Crippen molar-refractivity contribution in [3.63, 3.8) is 0 Å². The van der Waals surface area contributed by atoms with Crippen LogP contribution in [0.1, 0.15) is 41.5 Å². The quantitative estimate of drug-likeness (QED) is 0.0360. The monoisotopic (exact) mass is 893 g/mol. The van der Waals surface area contributed by atoms with Gasteiger partial charge in [-0.3, -0.25) is 28.8 Å². The summed E-state index contributed by atoms with van der Waals surface area (Å²) >= 11 is 0. The first-order valence-electron chi connectivity index (χ1n) is 20.8. The lowest BCUT2D eigenvalue weighted by Crippen LogP contribution is -2.65. The van der Waals surface area contributed by atoms with E-state index in [-0.39, 0.29) is 46.1 Å². The molecule has 0 saturated carbocycles. The van der Waals surface area contributed by atoms with Crippen LogP contribution < -0.4 is 16.0 Å². The van der Waals surface area contributed by atoms with E-state index < -0.39 is 163 Å². The third-order valence-electron chi connectivity index (χ3n) is 12.1. The van der Waals surface area contributed by atoms with Gasteiger partial charge >= 0.3 is 0 Å². The molecule has 3 heterocycles. The Balaban J connectivity index is 1.79. The number of hydrogen-bond acceptors (Lipinski definition) is 22. The summed E-state index contributed by atoms with van der Waals surface area (Å²) in [5.41, 5.74) is 0. The van der Waals surface area contributed by atoms with Crippen LogP contribution in [0.15, 0.2) is 0 Å². The van der Waals surface area contributed by atoms with Gasteiger partial charge in [-0.25, -0.2) is 0 Å². The molecule has 0 bridgehead atoms. The minimum Gasteiger partial charge on any atom is -0.394 e. The topological polar surface area (TPSA) is 347 Å². The summed E-state index contributed by atoms with van der Waals surface area (Å²) < 4.78 is 29.5. The molecule has 0 aromatic heterocycles. The number of ether oxygens (including phenoxy) is 5. The van der Waals surface area contributed by atoms with Gasteiger partial charge in [0.25, 0.3) is 0 Å². The van der Waals surface area contributed by atoms with Gasteiger partial charge in [-0.1, -0.05) is 0 Å². The summed E-state index contributed by atoms with van der Waals surface area (Å²) in [7, 11) is 0. The van der Waals surface area contributed by atoms with Crippen molar-refractivity contribution in [2.24, 2.45) is 29.6 Å². The van der Waals surface area contributed by atoms with Crippen molar-refractivity contribution < 1.29 is 93.3 Å². The Bertz CT molecular complexity index is 1460. The second-order valence-corrected chi connectivity index (χ2v) is 16.5. The lowest BCUT2D eigenvalue weighted by molar-refractivity contribution is -0.249. The molecule has 3 saturated heterocycles. The van der Waals surface area contributed by atoms with Gasteiger partial charge in [0, 0.05) is 31.5 Å². The molecule has 3 fully saturated rings. The van der Waals surface area contributed by atoms with E-state index in [9.17, 15) is 69.6 Å². The number of Topliss-reactive ketones (excluding diaryl/α,β-unsaturated/α-hetero) is 6. The van der Waals surface area contributed by atoms with Crippen LogP contribution in [0, 0.1) is 29.6 Å². The third kappa shape index (κ3) is 13.9. The molecule has 15 atom stereocenters. The van der Waals surface area contributed by atoms with Crippen molar-refractivity contribution in [2.45, 2.75) is 121 Å². The van der Waals surface area contributed by atoms with Crippen molar-refractivity contribution in [1.82, 2.24) is 16.0 Å². The van der Waals surface area contributed by atoms with Gasteiger partial charge in [0.2, 0.25) is 0 Å². The summed E-state index contributed by atoms with van der Waals surface area (Å²) in [5, 5.41) is 94.3. The first kappa shape index (κ1) is 53.7. The second-order valence-electron chi connectivity index (χ2n) is 16.5. The molecule has 3 rings (SSSR count). The van der Waals surface area contributed by atoms with Crippen LogP contribution in [0.25, 0.3) is 0 Å². The van der Waals surface area contributed by atoms with Gasteiger partial charge in [0.1, 0.15) is 53.0 Å². The highest BCUT2D eigenvalue weighted by molar-refractivity contribution is 6.01. The molecular formula is C40H67N3O19. The molecule has 0 aromatic rings. The summed E-state index contributed by atoms with van der Waals surface area (Å²) in [6.07, 6.45) is -13.1. The number of carbonyl (C=O) groups is 6. The molecule has 0 spiro atoms. The number of nitrogens with one attached hydrogen (secondary N) is 3. The lowest BCUT2D eigenvalue weighted by atomic mass is 9.85. The van der Waals surface area contributed by atoms with E-state index in [0.717, 1.165) is 0 Å². The fourth-order valence-corrected chi connectivity index (χ4v) is 8.23. The van der Waals surface area contributed by atoms with Crippen LogP contribution in [0.3, 0.4) is 0 Å². The molecule has 62 heavy (non-hydrogen) atoms. The van der Waals surface area contributed by atoms with E-state index in [0.29, 0.717) is 0 Å². The molecule has 3 aliphatic rings. The van der Waals surface area contributed by atoms with Crippen LogP contribution in [0.2, 0.25) is 0 Å². The Labute approximate surface area is 359 Å². The molecule has 0 aliphatic carbocycles. The fraction of sp³-hybridized carbons (Fsp3) is 0.850. The predicted octanol–water partition coefficient (Wildman–Crippen LogP) is -5.82. The SMILES string of the molecule is CC(=O)C(CNC1[C@H](COC[C@@H]2C(CO)O[C@@H](COC[C@@H]3C(CO)O[C@@H](O)C(NCC(C(C)=O)C(C)=O)[C@@H]3O)C(NCC(C(C)=O)C(C)=O)[C@@H]2O)OC(CO)[C@@H](O)[C@H]1O)C(C)=O. The highest BCUT2D eigenvalue weighted by atomic mass is 16.6. The van der Waals surface area contributed by atoms with Gasteiger partial charge in [-0.05, 0) is 41.5 Å². The molecule has 0 amide bonds. The maximum absolute atomic E-state index is 12.3. The van der Waals surface area contributed by atoms with E-state index in [1.165, 1.54) is 41.5 Å². The molecule has 11 N–H and O–H groups in total. The van der Waals surface area contributed by atoms with Crippen molar-refractivity contribution in [3.8, 4) is 0 Å². The number of hydrogen-bond donors (Lipinski definition) is 11. The van der Waals surface area contributed by atoms with Crippen LogP contribution in [-0.4, -0.2) is 221 Å². The van der Waals surface area contributed by atoms with Crippen molar-refractivity contribution in [1.29, 1.82) is 0 Å². The Morgan fingerprint density at radius 1 is 0.435 bits per heavy atom. The zero-order chi connectivity index (χ0) is 46.6. The molecule has 0 radical (unpaired) electrons. The van der Waals surface area contributed by atoms with E-state index in [1.807, 2.05) is 0 Å². The second kappa shape index (κ2) is 25.2. The summed E-state index contributed by atoms with van der Waals surface area (Å²) in [4.78, 5) is 72.8. The first-order valence-corrected chi connectivity index (χ1v) is 20.8. The number of ketones is 6. The zero-order valence-corrected chi connectivity index (χ0v) is 36.0. The molecular weight excluding hydrogens is 826 g/mol. The highest BCUT2D eigenvalue weighted by Crippen LogP contribution is 2.30. The Kier molecular flexibility index (Phi) is 21.8. The minimum absolute atomic E-state index is 0.196. The van der Waals surface area contributed by atoms with Crippen LogP contribution >= 0.6 is 0 Å². The van der Waals surface area contributed by atoms with Crippen molar-refractivity contribution in [2.75, 3.05) is 65.9 Å². The molecule has 22 heteroatoms. The zero-order valence-electron chi connectivity index (χ0n) is 36.0. The average Bonchev–Trinajstić information content (AvgIpc) is 3.19. The molecule has 0 aromatic carbocycles. The van der Waals surface area contributed by atoms with Crippen molar-refractivity contribution >= 4 is 34.7 Å². The van der Waals surface area contributed by atoms with Crippen LogP contribution in [0.5, 0.6) is 0 Å². The van der Waals surface area contributed by atoms with Gasteiger partial charge in [-0.2, -0.15) is 0 Å². The van der Waals surface area contributed by atoms with E-state index in [1.54, 1.807) is 0 Å². The standard InChI is InChI=1S/C40H67N3O19/c1-17(47)23(18(2)48)7-41-33-31(15-59-14-27-29(11-45)62-40(57)35(37(27)54)43-9-25(21(5)51)22(6)52)60-28(10-44)26(36(33)53)13-58-16-32-34(39(56)38(55)30(12-46)61-32)42-8-24(19(3)49)20(4)50/h23-46,53-57H,7-16H2,1-6H3/t26-,27-,28?,29?,30?,31+,32+,33?,34?,35?,36-,37-,38-,39+,40-/m1/s1. The maximum Gasteiger partial charge on any atom is 0.173 e. The third-order valence-corrected chi connectivity index (χ3v) is 12.1. The lowest BCUT2D eigenvalue weighted by Gasteiger charge is -2.46. The van der Waals surface area contributed by atoms with Crippen LogP contribution in [0.4, 0.5) is 0 Å². The summed E-state index contributed by atoms with van der Waals surface area (Å²) in [6.45, 7) is 3.61. The first-order chi connectivity index (χ1) is 29.2. The van der Waals surface area contributed by atoms with Gasteiger partial charge in [0.15, 0.2) is 6.29 Å². The highest BCUT2D eigenvalue weighted by Gasteiger charge is 2.49. The number of carbonyl (C=O) groups excluding carboxylic acids is 6. The molecule has 6 unspecified atom stereocenters. The number of aliphatic hydroxyl groups is 8. The Morgan fingerprint density at radius 3 is 1.13 bits per heavy atom. The molecule has 356 valence electrons. The largest absolute Gasteiger partial charge is 0.394 e. The molecule has 22 nitrogen and oxygen atoms in total. The van der Waals surface area contributed by atoms with Gasteiger partial charge < -0.3 is 80.5 Å². The van der Waals surface area contributed by atoms with Gasteiger partial charge in [-0.15, -0.1) is 0 Å². The maximum atomic E-state index is 12.3. The fourth-order valence-electron chi connectivity index (χ4n) is 8.23. The predicted molar refractivity (Wildman–Crippen MR) is 212 cm³/mol. The van der Waals surface area contributed by atoms with Crippen molar-refractivity contribution in [3.05, 3.63) is 0 Å². The van der Waals surface area contributed by atoms with Gasteiger partial charge in [0.05, 0.1) is 119 Å². The average molecular weight is 894 g/mol. The smallest absolute Gasteiger partial charge is 0.173 e. The van der Waals surface area contributed by atoms with Crippen LogP contribution in [-0.2, 0) is 52.5 Å². The Morgan fingerprint density at radius 2 is 0.758 bits per heavy atom.